The number of carbonyl (C=O) groups is 1. The summed E-state index contributed by atoms with van der Waals surface area (Å²) in [5, 5.41) is 3.65. The Hall–Kier alpha value is -1.92. The van der Waals surface area contributed by atoms with Crippen LogP contribution in [-0.2, 0) is 4.79 Å². The number of rotatable bonds is 2. The summed E-state index contributed by atoms with van der Waals surface area (Å²) in [6, 6.07) is -0.877. The van der Waals surface area contributed by atoms with E-state index in [1.807, 2.05) is 4.98 Å². The summed E-state index contributed by atoms with van der Waals surface area (Å²) >= 11 is 0. The molecule has 0 spiro atoms. The van der Waals surface area contributed by atoms with Gasteiger partial charge in [-0.1, -0.05) is 0 Å². The van der Waals surface area contributed by atoms with Crippen LogP contribution in [0.3, 0.4) is 0 Å². The van der Waals surface area contributed by atoms with Crippen LogP contribution < -0.4 is 17.0 Å². The third-order valence-corrected chi connectivity index (χ3v) is 1.79. The van der Waals surface area contributed by atoms with Crippen LogP contribution in [0.4, 0.5) is 0 Å². The first-order valence-corrected chi connectivity index (χ1v) is 3.92. The van der Waals surface area contributed by atoms with Gasteiger partial charge in [0.2, 0.25) is 5.91 Å². The van der Waals surface area contributed by atoms with Crippen molar-refractivity contribution in [1.82, 2.24) is 14.8 Å². The van der Waals surface area contributed by atoms with Crippen LogP contribution in [0, 0.1) is 6.92 Å². The Labute approximate surface area is 78.6 Å². The van der Waals surface area contributed by atoms with Gasteiger partial charge in [0.1, 0.15) is 11.7 Å². The van der Waals surface area contributed by atoms with Gasteiger partial charge < -0.3 is 5.73 Å². The molecule has 0 bridgehead atoms. The van der Waals surface area contributed by atoms with Crippen LogP contribution in [0.1, 0.15) is 18.7 Å². The molecule has 0 aromatic carbocycles. The Morgan fingerprint density at radius 3 is 2.64 bits per heavy atom. The minimum Gasteiger partial charge on any atom is -0.368 e. The summed E-state index contributed by atoms with van der Waals surface area (Å²) in [6.07, 6.45) is 0. The van der Waals surface area contributed by atoms with Crippen LogP contribution in [-0.4, -0.2) is 20.7 Å². The Kier molecular flexibility index (Phi) is 2.50. The summed E-state index contributed by atoms with van der Waals surface area (Å²) < 4.78 is 0.846. The lowest BCUT2D eigenvalue weighted by Gasteiger charge is -2.08. The van der Waals surface area contributed by atoms with Gasteiger partial charge in [-0.25, -0.2) is 9.48 Å². The second-order valence-electron chi connectivity index (χ2n) is 2.87. The molecule has 1 atom stereocenters. The van der Waals surface area contributed by atoms with E-state index in [4.69, 9.17) is 5.73 Å². The molecule has 1 unspecified atom stereocenters. The zero-order valence-electron chi connectivity index (χ0n) is 7.77. The van der Waals surface area contributed by atoms with Gasteiger partial charge in [-0.05, 0) is 13.8 Å². The molecular formula is C7H10N4O3. The number of primary amides is 1. The monoisotopic (exact) mass is 198 g/mol. The number of nitrogens with one attached hydrogen (secondary N) is 1. The summed E-state index contributed by atoms with van der Waals surface area (Å²) in [7, 11) is 0. The van der Waals surface area contributed by atoms with E-state index in [2.05, 4.69) is 5.10 Å². The Morgan fingerprint density at radius 2 is 2.14 bits per heavy atom. The zero-order valence-corrected chi connectivity index (χ0v) is 7.77. The van der Waals surface area contributed by atoms with E-state index in [9.17, 15) is 14.4 Å². The molecule has 7 nitrogen and oxygen atoms in total. The van der Waals surface area contributed by atoms with Gasteiger partial charge in [-0.2, -0.15) is 5.10 Å². The number of nitrogens with zero attached hydrogens (tertiary/aromatic N) is 2. The second kappa shape index (κ2) is 3.44. The highest BCUT2D eigenvalue weighted by molar-refractivity contribution is 5.77. The summed E-state index contributed by atoms with van der Waals surface area (Å²) in [6.45, 7) is 2.86. The fourth-order valence-electron chi connectivity index (χ4n) is 0.880. The Morgan fingerprint density at radius 1 is 1.57 bits per heavy atom. The van der Waals surface area contributed by atoms with E-state index in [1.54, 1.807) is 0 Å². The standard InChI is InChI=1S/C7H10N4O3/c1-3-6(13)9-7(14)11(10-3)4(2)5(8)12/h4H,1-2H3,(H2,8,12)(H,9,13,14). The molecule has 0 aliphatic heterocycles. The van der Waals surface area contributed by atoms with Gasteiger partial charge in [0.05, 0.1) is 0 Å². The van der Waals surface area contributed by atoms with Crippen LogP contribution in [0.2, 0.25) is 0 Å². The van der Waals surface area contributed by atoms with Crippen LogP contribution in [0.15, 0.2) is 9.59 Å². The van der Waals surface area contributed by atoms with Crippen molar-refractivity contribution in [2.45, 2.75) is 19.9 Å². The molecule has 0 saturated heterocycles. The first-order chi connectivity index (χ1) is 6.43. The molecular weight excluding hydrogens is 188 g/mol. The third-order valence-electron chi connectivity index (χ3n) is 1.79. The van der Waals surface area contributed by atoms with Crippen molar-refractivity contribution in [2.24, 2.45) is 5.73 Å². The maximum absolute atomic E-state index is 11.2. The second-order valence-corrected chi connectivity index (χ2v) is 2.87. The lowest BCUT2D eigenvalue weighted by atomic mass is 10.3. The van der Waals surface area contributed by atoms with E-state index in [0.29, 0.717) is 0 Å². The third kappa shape index (κ3) is 1.70. The lowest BCUT2D eigenvalue weighted by Crippen LogP contribution is -2.39. The molecule has 14 heavy (non-hydrogen) atoms. The smallest absolute Gasteiger partial charge is 0.345 e. The molecule has 1 rings (SSSR count). The number of hydrogen-bond donors (Lipinski definition) is 2. The van der Waals surface area contributed by atoms with Gasteiger partial charge >= 0.3 is 5.69 Å². The average molecular weight is 198 g/mol. The van der Waals surface area contributed by atoms with Crippen molar-refractivity contribution in [3.05, 3.63) is 26.5 Å². The molecule has 0 saturated carbocycles. The highest BCUT2D eigenvalue weighted by Gasteiger charge is 2.14. The molecule has 3 N–H and O–H groups in total. The van der Waals surface area contributed by atoms with Crippen molar-refractivity contribution in [3.63, 3.8) is 0 Å². The molecule has 0 aliphatic carbocycles. The molecule has 0 radical (unpaired) electrons. The van der Waals surface area contributed by atoms with E-state index < -0.39 is 23.2 Å². The number of carbonyl (C=O) groups excluding carboxylic acids is 1. The van der Waals surface area contributed by atoms with Crippen LogP contribution in [0.5, 0.6) is 0 Å². The highest BCUT2D eigenvalue weighted by atomic mass is 16.2. The number of aryl methyl sites for hydroxylation is 1. The number of aromatic amines is 1. The van der Waals surface area contributed by atoms with Gasteiger partial charge in [0.25, 0.3) is 5.56 Å². The molecule has 76 valence electrons. The fraction of sp³-hybridized carbons (Fsp3) is 0.429. The van der Waals surface area contributed by atoms with Crippen molar-refractivity contribution >= 4 is 5.91 Å². The average Bonchev–Trinajstić information content (AvgIpc) is 2.10. The highest BCUT2D eigenvalue weighted by Crippen LogP contribution is 1.95. The molecule has 7 heteroatoms. The van der Waals surface area contributed by atoms with Gasteiger partial charge in [-0.3, -0.25) is 14.6 Å². The molecule has 1 aromatic heterocycles. The molecule has 1 aromatic rings. The summed E-state index contributed by atoms with van der Waals surface area (Å²) in [4.78, 5) is 34.9. The SMILES string of the molecule is Cc1nn(C(C)C(N)=O)c(=O)[nH]c1=O. The van der Waals surface area contributed by atoms with E-state index in [-0.39, 0.29) is 5.69 Å². The quantitative estimate of drug-likeness (QED) is 0.589. The van der Waals surface area contributed by atoms with Crippen molar-refractivity contribution in [3.8, 4) is 0 Å². The van der Waals surface area contributed by atoms with E-state index in [1.165, 1.54) is 13.8 Å². The van der Waals surface area contributed by atoms with Crippen molar-refractivity contribution < 1.29 is 4.79 Å². The number of hydrogen-bond acceptors (Lipinski definition) is 4. The number of aromatic nitrogens is 3. The minimum absolute atomic E-state index is 0.109. The maximum Gasteiger partial charge on any atom is 0.345 e. The fourth-order valence-corrected chi connectivity index (χ4v) is 0.880. The van der Waals surface area contributed by atoms with Gasteiger partial charge in [-0.15, -0.1) is 0 Å². The topological polar surface area (TPSA) is 111 Å². The largest absolute Gasteiger partial charge is 0.368 e. The Balaban J connectivity index is 3.37. The summed E-state index contributed by atoms with van der Waals surface area (Å²) in [5.74, 6) is -0.689. The number of amides is 1. The predicted octanol–water partition coefficient (Wildman–Crippen LogP) is -1.71. The lowest BCUT2D eigenvalue weighted by molar-refractivity contribution is -0.121. The van der Waals surface area contributed by atoms with E-state index >= 15 is 0 Å². The van der Waals surface area contributed by atoms with Crippen LogP contribution >= 0.6 is 0 Å². The van der Waals surface area contributed by atoms with Crippen molar-refractivity contribution in [2.75, 3.05) is 0 Å². The maximum atomic E-state index is 11.2. The zero-order chi connectivity index (χ0) is 10.9. The van der Waals surface area contributed by atoms with Gasteiger partial charge in [0, 0.05) is 0 Å². The van der Waals surface area contributed by atoms with Gasteiger partial charge in [0.15, 0.2) is 0 Å². The van der Waals surface area contributed by atoms with Crippen molar-refractivity contribution in [1.29, 1.82) is 0 Å². The molecule has 1 heterocycles. The first-order valence-electron chi connectivity index (χ1n) is 3.92. The Bertz CT molecular complexity index is 473. The normalized spacial score (nSPS) is 12.4. The van der Waals surface area contributed by atoms with Crippen LogP contribution in [0.25, 0.3) is 0 Å². The molecule has 0 fully saturated rings. The van der Waals surface area contributed by atoms with E-state index in [0.717, 1.165) is 4.68 Å². The summed E-state index contributed by atoms with van der Waals surface area (Å²) in [5.41, 5.74) is 3.79. The predicted molar refractivity (Wildman–Crippen MR) is 47.8 cm³/mol. The molecule has 0 aliphatic rings. The molecule has 1 amide bonds. The number of H-pyrrole nitrogens is 1. The number of nitrogens with two attached hydrogens (primary N) is 1. The minimum atomic E-state index is -0.877. The first kappa shape index (κ1) is 10.2.